The Balaban J connectivity index is 1.49. The van der Waals surface area contributed by atoms with E-state index in [1.54, 1.807) is 23.7 Å². The van der Waals surface area contributed by atoms with E-state index in [-0.39, 0.29) is 16.9 Å². The minimum absolute atomic E-state index is 0.0507. The zero-order valence-corrected chi connectivity index (χ0v) is 21.1. The van der Waals surface area contributed by atoms with Gasteiger partial charge in [-0.25, -0.2) is 18.3 Å². The quantitative estimate of drug-likeness (QED) is 0.281. The van der Waals surface area contributed by atoms with Crippen molar-refractivity contribution in [3.05, 3.63) is 99.6 Å². The zero-order chi connectivity index (χ0) is 26.3. The van der Waals surface area contributed by atoms with Gasteiger partial charge in [-0.2, -0.15) is 10.2 Å². The van der Waals surface area contributed by atoms with Crippen LogP contribution in [0.5, 0.6) is 0 Å². The summed E-state index contributed by atoms with van der Waals surface area (Å²) < 4.78 is 30.6. The lowest BCUT2D eigenvalue weighted by Crippen LogP contribution is -2.14. The Bertz CT molecular complexity index is 1610. The number of carbonyl (C=O) groups is 1. The average Bonchev–Trinajstić information content (AvgIpc) is 3.41. The van der Waals surface area contributed by atoms with Gasteiger partial charge in [0.15, 0.2) is 5.65 Å². The number of nitrogens with zero attached hydrogens (tertiary/aromatic N) is 5. The van der Waals surface area contributed by atoms with Crippen molar-refractivity contribution in [2.24, 2.45) is 0 Å². The number of rotatable bonds is 6. The van der Waals surface area contributed by atoms with Gasteiger partial charge in [-0.3, -0.25) is 9.48 Å². The number of aryl methyl sites for hydroxylation is 2. The van der Waals surface area contributed by atoms with Gasteiger partial charge in [-0.05, 0) is 44.5 Å². The minimum Gasteiger partial charge on any atom is -0.319 e. The fraction of sp³-hybridized carbons (Fsp3) is 0.185. The van der Waals surface area contributed by atoms with E-state index in [1.807, 2.05) is 50.2 Å². The second-order valence-electron chi connectivity index (χ2n) is 8.81. The number of hydrogen-bond donors (Lipinski definition) is 1. The van der Waals surface area contributed by atoms with Crippen LogP contribution in [0, 0.1) is 20.8 Å². The molecule has 2 aromatic carbocycles. The minimum atomic E-state index is -2.80. The van der Waals surface area contributed by atoms with Crippen LogP contribution >= 0.6 is 11.6 Å². The lowest BCUT2D eigenvalue weighted by atomic mass is 10.1. The number of carbonyl (C=O) groups excluding carboxylic acids is 1. The molecule has 1 amide bonds. The third-order valence-electron chi connectivity index (χ3n) is 6.18. The Kier molecular flexibility index (Phi) is 6.47. The summed E-state index contributed by atoms with van der Waals surface area (Å²) in [5, 5.41) is 12.1. The third kappa shape index (κ3) is 4.82. The van der Waals surface area contributed by atoms with Crippen LogP contribution in [0.3, 0.4) is 0 Å². The number of aromatic nitrogens is 5. The Labute approximate surface area is 216 Å². The highest BCUT2D eigenvalue weighted by atomic mass is 35.5. The maximum atomic E-state index is 13.9. The fourth-order valence-electron chi connectivity index (χ4n) is 4.15. The predicted octanol–water partition coefficient (Wildman–Crippen LogP) is 6.41. The molecule has 0 fully saturated rings. The van der Waals surface area contributed by atoms with Crippen LogP contribution in [-0.2, 0) is 6.54 Å². The molecule has 0 bridgehead atoms. The van der Waals surface area contributed by atoms with Gasteiger partial charge in [0.25, 0.3) is 12.3 Å². The first-order chi connectivity index (χ1) is 17.7. The molecule has 0 aliphatic carbocycles. The molecule has 188 valence electrons. The highest BCUT2D eigenvalue weighted by molar-refractivity contribution is 6.30. The van der Waals surface area contributed by atoms with E-state index in [9.17, 15) is 13.6 Å². The molecule has 1 N–H and O–H groups in total. The number of nitrogens with one attached hydrogen (secondary N) is 1. The van der Waals surface area contributed by atoms with Gasteiger partial charge in [0, 0.05) is 10.6 Å². The monoisotopic (exact) mass is 520 g/mol. The molecule has 5 rings (SSSR count). The van der Waals surface area contributed by atoms with Gasteiger partial charge >= 0.3 is 0 Å². The van der Waals surface area contributed by atoms with Crippen molar-refractivity contribution in [2.75, 3.05) is 5.32 Å². The predicted molar refractivity (Wildman–Crippen MR) is 138 cm³/mol. The second kappa shape index (κ2) is 9.74. The maximum absolute atomic E-state index is 13.9. The first-order valence-electron chi connectivity index (χ1n) is 11.5. The van der Waals surface area contributed by atoms with Crippen molar-refractivity contribution < 1.29 is 13.6 Å². The topological polar surface area (TPSA) is 77.1 Å². The van der Waals surface area contributed by atoms with Gasteiger partial charge in [0.2, 0.25) is 0 Å². The molecule has 37 heavy (non-hydrogen) atoms. The molecule has 0 radical (unpaired) electrons. The van der Waals surface area contributed by atoms with Crippen LogP contribution in [0.15, 0.2) is 60.8 Å². The van der Waals surface area contributed by atoms with Crippen LogP contribution in [0.25, 0.3) is 16.9 Å². The molecule has 0 aliphatic heterocycles. The average molecular weight is 521 g/mol. The molecule has 3 aromatic heterocycles. The number of anilines is 1. The fourth-order valence-corrected chi connectivity index (χ4v) is 4.28. The van der Waals surface area contributed by atoms with Crippen molar-refractivity contribution in [3.8, 4) is 11.3 Å². The van der Waals surface area contributed by atoms with E-state index in [1.165, 1.54) is 12.3 Å². The van der Waals surface area contributed by atoms with E-state index >= 15 is 0 Å². The molecule has 7 nitrogen and oxygen atoms in total. The highest BCUT2D eigenvalue weighted by Gasteiger charge is 2.23. The molecule has 0 aliphatic rings. The molecule has 3 heterocycles. The Hall–Kier alpha value is -4.11. The molecule has 10 heteroatoms. The lowest BCUT2D eigenvalue weighted by Gasteiger charge is -2.09. The molecular weight excluding hydrogens is 498 g/mol. The molecule has 5 aromatic rings. The molecule has 0 saturated carbocycles. The van der Waals surface area contributed by atoms with Crippen LogP contribution in [0.2, 0.25) is 5.02 Å². The summed E-state index contributed by atoms with van der Waals surface area (Å²) in [4.78, 5) is 17.9. The molecule has 0 unspecified atom stereocenters. The summed E-state index contributed by atoms with van der Waals surface area (Å²) >= 11 is 5.98. The van der Waals surface area contributed by atoms with E-state index in [0.717, 1.165) is 21.3 Å². The van der Waals surface area contributed by atoms with E-state index < -0.39 is 12.3 Å². The van der Waals surface area contributed by atoms with Gasteiger partial charge in [-0.1, -0.05) is 53.6 Å². The van der Waals surface area contributed by atoms with Crippen LogP contribution in [-0.4, -0.2) is 30.3 Å². The summed E-state index contributed by atoms with van der Waals surface area (Å²) in [7, 11) is 0. The maximum Gasteiger partial charge on any atom is 0.280 e. The number of hydrogen-bond acceptors (Lipinski definition) is 4. The van der Waals surface area contributed by atoms with Gasteiger partial charge in [0.1, 0.15) is 11.3 Å². The number of alkyl halides is 2. The van der Waals surface area contributed by atoms with Crippen molar-refractivity contribution in [1.82, 2.24) is 24.4 Å². The summed E-state index contributed by atoms with van der Waals surface area (Å²) in [5.41, 5.74) is 4.74. The molecule has 0 atom stereocenters. The Morgan fingerprint density at radius 2 is 1.76 bits per heavy atom. The van der Waals surface area contributed by atoms with E-state index in [2.05, 4.69) is 20.5 Å². The van der Waals surface area contributed by atoms with E-state index in [4.69, 9.17) is 11.6 Å². The smallest absolute Gasteiger partial charge is 0.280 e. The van der Waals surface area contributed by atoms with Crippen molar-refractivity contribution >= 4 is 28.8 Å². The van der Waals surface area contributed by atoms with Crippen molar-refractivity contribution in [2.45, 2.75) is 33.7 Å². The summed E-state index contributed by atoms with van der Waals surface area (Å²) in [6, 6.07) is 16.1. The standard InChI is InChI=1S/C27H23ClF2N6O/c1-15-4-8-19(9-5-15)22-12-23(25(29)30)36-26(32-22)21(13-31-36)27(37)33-24-16(2)34-35(17(24)3)14-18-6-10-20(28)11-7-18/h4-13,25H,14H2,1-3H3,(H,33,37). The van der Waals surface area contributed by atoms with E-state index in [0.29, 0.717) is 34.2 Å². The van der Waals surface area contributed by atoms with Crippen molar-refractivity contribution in [3.63, 3.8) is 0 Å². The summed E-state index contributed by atoms with van der Waals surface area (Å²) in [6.07, 6.45) is -1.55. The third-order valence-corrected chi connectivity index (χ3v) is 6.43. The van der Waals surface area contributed by atoms with Gasteiger partial charge < -0.3 is 5.32 Å². The highest BCUT2D eigenvalue weighted by Crippen LogP contribution is 2.28. The lowest BCUT2D eigenvalue weighted by molar-refractivity contribution is 0.102. The number of amides is 1. The largest absolute Gasteiger partial charge is 0.319 e. The van der Waals surface area contributed by atoms with Crippen LogP contribution < -0.4 is 5.32 Å². The number of fused-ring (bicyclic) bond motifs is 1. The summed E-state index contributed by atoms with van der Waals surface area (Å²) in [5.74, 6) is -0.513. The Morgan fingerprint density at radius 3 is 2.43 bits per heavy atom. The van der Waals surface area contributed by atoms with Crippen LogP contribution in [0.4, 0.5) is 14.5 Å². The van der Waals surface area contributed by atoms with Crippen molar-refractivity contribution in [1.29, 1.82) is 0 Å². The zero-order valence-electron chi connectivity index (χ0n) is 20.3. The number of benzene rings is 2. The normalized spacial score (nSPS) is 11.4. The SMILES string of the molecule is Cc1ccc(-c2cc(C(F)F)n3ncc(C(=O)Nc4c(C)nn(Cc5ccc(Cl)cc5)c4C)c3n2)cc1. The molecule has 0 saturated heterocycles. The summed E-state index contributed by atoms with van der Waals surface area (Å²) in [6.45, 7) is 6.08. The first-order valence-corrected chi connectivity index (χ1v) is 11.9. The Morgan fingerprint density at radius 1 is 1.05 bits per heavy atom. The number of halogens is 3. The van der Waals surface area contributed by atoms with Gasteiger partial charge in [0.05, 0.1) is 35.5 Å². The first kappa shape index (κ1) is 24.6. The molecule has 0 spiro atoms. The molecular formula is C27H23ClF2N6O. The second-order valence-corrected chi connectivity index (χ2v) is 9.25. The van der Waals surface area contributed by atoms with Crippen LogP contribution in [0.1, 0.15) is 45.0 Å². The van der Waals surface area contributed by atoms with Gasteiger partial charge in [-0.15, -0.1) is 0 Å².